The van der Waals surface area contributed by atoms with E-state index in [2.05, 4.69) is 34.5 Å². The molecule has 1 aromatic heterocycles. The van der Waals surface area contributed by atoms with Gasteiger partial charge in [-0.15, -0.1) is 11.3 Å². The van der Waals surface area contributed by atoms with Crippen LogP contribution in [0.25, 0.3) is 0 Å². The second kappa shape index (κ2) is 8.05. The number of rotatable bonds is 5. The lowest BCUT2D eigenvalue weighted by molar-refractivity contribution is -0.129. The average molecular weight is 398 g/mol. The molecule has 2 aromatic rings. The summed E-state index contributed by atoms with van der Waals surface area (Å²) in [5.41, 5.74) is 1.57. The Morgan fingerprint density at radius 1 is 1.07 bits per heavy atom. The smallest absolute Gasteiger partial charge is 0.261 e. The molecule has 2 fully saturated rings. The molecule has 0 bridgehead atoms. The van der Waals surface area contributed by atoms with Crippen molar-refractivity contribution in [2.24, 2.45) is 5.41 Å². The topological polar surface area (TPSA) is 52.7 Å². The van der Waals surface area contributed by atoms with Crippen LogP contribution in [0.3, 0.4) is 0 Å². The largest absolute Gasteiger partial charge is 0.342 e. The number of amides is 2. The van der Waals surface area contributed by atoms with Crippen molar-refractivity contribution < 1.29 is 9.59 Å². The van der Waals surface area contributed by atoms with Crippen LogP contribution in [0.4, 0.5) is 0 Å². The van der Waals surface area contributed by atoms with E-state index in [4.69, 9.17) is 0 Å². The van der Waals surface area contributed by atoms with Gasteiger partial charge in [0.15, 0.2) is 0 Å². The van der Waals surface area contributed by atoms with Crippen LogP contribution >= 0.6 is 11.3 Å². The summed E-state index contributed by atoms with van der Waals surface area (Å²) in [7, 11) is 0. The minimum atomic E-state index is -0.157. The lowest BCUT2D eigenvalue weighted by Gasteiger charge is -2.25. The van der Waals surface area contributed by atoms with Gasteiger partial charge in [-0.1, -0.05) is 30.3 Å². The van der Waals surface area contributed by atoms with Gasteiger partial charge in [0, 0.05) is 36.5 Å². The second-order valence-electron chi connectivity index (χ2n) is 8.10. The highest BCUT2D eigenvalue weighted by Crippen LogP contribution is 2.39. The van der Waals surface area contributed by atoms with Gasteiger partial charge in [-0.3, -0.25) is 14.5 Å². The first kappa shape index (κ1) is 19.2. The number of hydrogen-bond donors (Lipinski definition) is 1. The predicted molar refractivity (Wildman–Crippen MR) is 111 cm³/mol. The summed E-state index contributed by atoms with van der Waals surface area (Å²) >= 11 is 1.45. The van der Waals surface area contributed by atoms with Gasteiger partial charge >= 0.3 is 0 Å². The van der Waals surface area contributed by atoms with Crippen molar-refractivity contribution >= 4 is 23.2 Å². The summed E-state index contributed by atoms with van der Waals surface area (Å²) in [4.78, 5) is 31.0. The highest BCUT2D eigenvalue weighted by molar-refractivity contribution is 7.13. The first-order chi connectivity index (χ1) is 13.5. The van der Waals surface area contributed by atoms with E-state index in [0.29, 0.717) is 4.88 Å². The van der Waals surface area contributed by atoms with E-state index in [1.165, 1.54) is 16.9 Å². The molecule has 2 amide bonds. The fourth-order valence-corrected chi connectivity index (χ4v) is 5.18. The summed E-state index contributed by atoms with van der Waals surface area (Å²) in [6.45, 7) is 6.78. The molecule has 28 heavy (non-hydrogen) atoms. The van der Waals surface area contributed by atoms with E-state index in [1.807, 2.05) is 30.0 Å². The predicted octanol–water partition coefficient (Wildman–Crippen LogP) is 2.91. The van der Waals surface area contributed by atoms with Gasteiger partial charge in [0.2, 0.25) is 5.91 Å². The van der Waals surface area contributed by atoms with Crippen molar-refractivity contribution in [2.75, 3.05) is 32.7 Å². The summed E-state index contributed by atoms with van der Waals surface area (Å²) in [6.07, 6.45) is 2.20. The van der Waals surface area contributed by atoms with Crippen molar-refractivity contribution in [1.29, 1.82) is 0 Å². The first-order valence-electron chi connectivity index (χ1n) is 9.92. The molecule has 4 rings (SSSR count). The Hall–Kier alpha value is -2.18. The van der Waals surface area contributed by atoms with Gasteiger partial charge in [-0.05, 0) is 44.0 Å². The molecule has 1 N–H and O–H groups in total. The Balaban J connectivity index is 1.26. The number of thiophene rings is 1. The molecule has 1 unspecified atom stereocenters. The average Bonchev–Trinajstić information content (AvgIpc) is 3.42. The summed E-state index contributed by atoms with van der Waals surface area (Å²) < 4.78 is 0. The molecule has 2 aliphatic rings. The monoisotopic (exact) mass is 397 g/mol. The Bertz CT molecular complexity index is 850. The number of nitrogens with zero attached hydrogens (tertiary/aromatic N) is 2. The fourth-order valence-electron chi connectivity index (χ4n) is 4.40. The zero-order chi connectivity index (χ0) is 19.6. The zero-order valence-electron chi connectivity index (χ0n) is 16.3. The maximum atomic E-state index is 12.6. The minimum absolute atomic E-state index is 0.0278. The first-order valence-corrected chi connectivity index (χ1v) is 10.7. The van der Waals surface area contributed by atoms with Crippen molar-refractivity contribution in [3.05, 3.63) is 57.8 Å². The second-order valence-corrected chi connectivity index (χ2v) is 9.39. The molecule has 148 valence electrons. The third-order valence-electron chi connectivity index (χ3n) is 5.92. The number of benzene rings is 1. The maximum absolute atomic E-state index is 12.6. The Kier molecular flexibility index (Phi) is 5.51. The molecule has 1 aromatic carbocycles. The van der Waals surface area contributed by atoms with E-state index in [-0.39, 0.29) is 23.8 Å². The summed E-state index contributed by atoms with van der Waals surface area (Å²) in [6, 6.07) is 14.3. The van der Waals surface area contributed by atoms with Crippen LogP contribution in [-0.4, -0.2) is 54.3 Å². The van der Waals surface area contributed by atoms with E-state index in [0.717, 1.165) is 50.4 Å². The van der Waals surface area contributed by atoms with Crippen LogP contribution in [0.15, 0.2) is 42.5 Å². The Labute approximate surface area is 170 Å². The van der Waals surface area contributed by atoms with E-state index in [1.54, 1.807) is 0 Å². The number of carbonyl (C=O) groups is 2. The van der Waals surface area contributed by atoms with Crippen molar-refractivity contribution in [3.63, 3.8) is 0 Å². The van der Waals surface area contributed by atoms with Gasteiger partial charge in [0.05, 0.1) is 11.4 Å². The van der Waals surface area contributed by atoms with E-state index in [9.17, 15) is 9.59 Å². The Morgan fingerprint density at radius 3 is 2.61 bits per heavy atom. The molecule has 3 heterocycles. The van der Waals surface area contributed by atoms with Crippen LogP contribution < -0.4 is 5.32 Å². The molecule has 0 aliphatic carbocycles. The normalized spacial score (nSPS) is 22.1. The molecule has 0 radical (unpaired) electrons. The maximum Gasteiger partial charge on any atom is 0.261 e. The number of carbonyl (C=O) groups excluding carboxylic acids is 2. The van der Waals surface area contributed by atoms with Crippen LogP contribution in [-0.2, 0) is 11.3 Å². The lowest BCUT2D eigenvalue weighted by Crippen LogP contribution is -2.40. The van der Waals surface area contributed by atoms with E-state index < -0.39 is 0 Å². The van der Waals surface area contributed by atoms with Gasteiger partial charge in [-0.25, -0.2) is 0 Å². The third-order valence-corrected chi connectivity index (χ3v) is 6.92. The quantitative estimate of drug-likeness (QED) is 0.844. The fraction of sp³-hybridized carbons (Fsp3) is 0.455. The SMILES string of the molecule is Cc1ccc(C(=O)NCC(=O)N2CCC3(CCN(Cc4ccccc4)C3)C2)s1. The van der Waals surface area contributed by atoms with Gasteiger partial charge in [0.1, 0.15) is 0 Å². The molecule has 2 aliphatic heterocycles. The molecule has 1 atom stereocenters. The molecule has 6 heteroatoms. The van der Waals surface area contributed by atoms with Crippen molar-refractivity contribution in [3.8, 4) is 0 Å². The van der Waals surface area contributed by atoms with Crippen LogP contribution in [0, 0.1) is 12.3 Å². The molecular formula is C22H27N3O2S. The molecule has 0 saturated carbocycles. The number of aryl methyl sites for hydroxylation is 1. The molecule has 5 nitrogen and oxygen atoms in total. The van der Waals surface area contributed by atoms with Crippen LogP contribution in [0.2, 0.25) is 0 Å². The zero-order valence-corrected chi connectivity index (χ0v) is 17.1. The van der Waals surface area contributed by atoms with Crippen LogP contribution in [0.1, 0.15) is 33.0 Å². The molecule has 1 spiro atoms. The summed E-state index contributed by atoms with van der Waals surface area (Å²) in [5.74, 6) is -0.129. The standard InChI is InChI=1S/C22H27N3O2S/c1-17-7-8-19(28-17)21(27)23-13-20(26)25-12-10-22(16-25)9-11-24(15-22)14-18-5-3-2-4-6-18/h2-8H,9-16H2,1H3,(H,23,27). The minimum Gasteiger partial charge on any atom is -0.342 e. The van der Waals surface area contributed by atoms with Crippen LogP contribution in [0.5, 0.6) is 0 Å². The Morgan fingerprint density at radius 2 is 1.86 bits per heavy atom. The van der Waals surface area contributed by atoms with Crippen molar-refractivity contribution in [2.45, 2.75) is 26.3 Å². The lowest BCUT2D eigenvalue weighted by atomic mass is 9.86. The molecular weight excluding hydrogens is 370 g/mol. The van der Waals surface area contributed by atoms with Gasteiger partial charge in [-0.2, -0.15) is 0 Å². The highest BCUT2D eigenvalue weighted by atomic mass is 32.1. The van der Waals surface area contributed by atoms with Crippen molar-refractivity contribution in [1.82, 2.24) is 15.1 Å². The third kappa shape index (κ3) is 4.28. The highest BCUT2D eigenvalue weighted by Gasteiger charge is 2.44. The van der Waals surface area contributed by atoms with Gasteiger partial charge in [0.25, 0.3) is 5.91 Å². The molecule has 2 saturated heterocycles. The summed E-state index contributed by atoms with van der Waals surface area (Å²) in [5, 5.41) is 2.78. The number of nitrogens with one attached hydrogen (secondary N) is 1. The van der Waals surface area contributed by atoms with Gasteiger partial charge < -0.3 is 10.2 Å². The number of likely N-dealkylation sites (tertiary alicyclic amines) is 2. The van der Waals surface area contributed by atoms with E-state index >= 15 is 0 Å². The number of hydrogen-bond acceptors (Lipinski definition) is 4.